The number of halogens is 2. The molecule has 1 amide bonds. The number of benzene rings is 1. The number of aromatic nitrogens is 2. The predicted octanol–water partition coefficient (Wildman–Crippen LogP) is 2.64. The van der Waals surface area contributed by atoms with E-state index in [1.165, 1.54) is 11.8 Å². The van der Waals surface area contributed by atoms with E-state index >= 15 is 0 Å². The maximum atomic E-state index is 14.2. The molecule has 1 aliphatic rings. The maximum absolute atomic E-state index is 14.2. The number of nitrogens with one attached hydrogen (secondary N) is 1. The minimum atomic E-state index is -0.865. The number of hydrogen-bond donors (Lipinski definition) is 1. The number of thioether (sulfide) groups is 1. The molecule has 0 spiro atoms. The molecular weight excluding hydrogens is 336 g/mol. The lowest BCUT2D eigenvalue weighted by Gasteiger charge is -2.27. The van der Waals surface area contributed by atoms with Gasteiger partial charge in [-0.3, -0.25) is 9.59 Å². The molecule has 5 nitrogen and oxygen atoms in total. The summed E-state index contributed by atoms with van der Waals surface area (Å²) in [4.78, 5) is 28.6. The third kappa shape index (κ3) is 2.82. The Hall–Kier alpha value is -2.22. The fourth-order valence-electron chi connectivity index (χ4n) is 2.84. The van der Waals surface area contributed by atoms with Crippen LogP contribution in [0.25, 0.3) is 0 Å². The van der Waals surface area contributed by atoms with Crippen molar-refractivity contribution in [2.45, 2.75) is 24.4 Å². The van der Waals surface area contributed by atoms with Gasteiger partial charge in [-0.2, -0.15) is 4.98 Å². The number of carbonyl (C=O) groups excluding carboxylic acids is 1. The Kier molecular flexibility index (Phi) is 4.40. The summed E-state index contributed by atoms with van der Waals surface area (Å²) in [6.45, 7) is 1.92. The third-order valence-corrected chi connectivity index (χ3v) is 4.82. The number of amides is 1. The molecule has 0 saturated carbocycles. The second-order valence-electron chi connectivity index (χ2n) is 5.42. The molecule has 0 aliphatic carbocycles. The highest BCUT2D eigenvalue weighted by atomic mass is 32.2. The first-order chi connectivity index (χ1) is 11.4. The van der Waals surface area contributed by atoms with Gasteiger partial charge in [-0.05, 0) is 29.5 Å². The van der Waals surface area contributed by atoms with Crippen molar-refractivity contribution in [1.29, 1.82) is 0 Å². The van der Waals surface area contributed by atoms with Crippen molar-refractivity contribution in [3.05, 3.63) is 51.3 Å². The van der Waals surface area contributed by atoms with Crippen molar-refractivity contribution >= 4 is 23.5 Å². The first-order valence-electron chi connectivity index (χ1n) is 7.40. The average molecular weight is 351 g/mol. The summed E-state index contributed by atoms with van der Waals surface area (Å²) < 4.78 is 29.3. The van der Waals surface area contributed by atoms with Crippen molar-refractivity contribution < 1.29 is 13.6 Å². The minimum Gasteiger partial charge on any atom is -0.312 e. The van der Waals surface area contributed by atoms with E-state index in [1.54, 1.807) is 11.6 Å². The first-order valence-corrected chi connectivity index (χ1v) is 8.39. The summed E-state index contributed by atoms with van der Waals surface area (Å²) >= 11 is 1.36. The highest BCUT2D eigenvalue weighted by Crippen LogP contribution is 2.36. The summed E-state index contributed by atoms with van der Waals surface area (Å²) in [6.07, 6.45) is -0.134. The van der Waals surface area contributed by atoms with Crippen molar-refractivity contribution in [3.63, 3.8) is 0 Å². The van der Waals surface area contributed by atoms with Gasteiger partial charge in [-0.15, -0.1) is 0 Å². The van der Waals surface area contributed by atoms with Crippen LogP contribution in [-0.4, -0.2) is 21.2 Å². The molecule has 8 heteroatoms. The van der Waals surface area contributed by atoms with Gasteiger partial charge in [-0.1, -0.05) is 18.7 Å². The Morgan fingerprint density at radius 1 is 1.38 bits per heavy atom. The highest BCUT2D eigenvalue weighted by molar-refractivity contribution is 7.99. The van der Waals surface area contributed by atoms with E-state index in [-0.39, 0.29) is 29.3 Å². The zero-order valence-corrected chi connectivity index (χ0v) is 13.9. The quantitative estimate of drug-likeness (QED) is 0.682. The second kappa shape index (κ2) is 6.35. The molecule has 126 valence electrons. The summed E-state index contributed by atoms with van der Waals surface area (Å²) in [7, 11) is 1.67. The molecule has 0 fully saturated rings. The van der Waals surface area contributed by atoms with Gasteiger partial charge in [0, 0.05) is 19.4 Å². The fourth-order valence-corrected chi connectivity index (χ4v) is 3.53. The molecule has 0 bridgehead atoms. The standard InChI is InChI=1S/C16H15F2N3O2S/c1-3-24-16-20-15(23)13-10(7-12(22)19-14(13)21(16)2)9-6-8(17)4-5-11(9)18/h4-6,10H,3,7H2,1-2H3,(H,19,22)/t10-/m1/s1. The molecular formula is C16H15F2N3O2S. The Balaban J connectivity index is 2.24. The van der Waals surface area contributed by atoms with Crippen LogP contribution in [0.3, 0.4) is 0 Å². The fraction of sp³-hybridized carbons (Fsp3) is 0.312. The molecule has 1 aliphatic heterocycles. The summed E-state index contributed by atoms with van der Waals surface area (Å²) in [5, 5.41) is 3.12. The largest absolute Gasteiger partial charge is 0.312 e. The van der Waals surface area contributed by atoms with Gasteiger partial charge >= 0.3 is 0 Å². The molecule has 1 N–H and O–H groups in total. The van der Waals surface area contributed by atoms with Gasteiger partial charge in [0.25, 0.3) is 5.56 Å². The van der Waals surface area contributed by atoms with E-state index in [1.807, 2.05) is 6.92 Å². The molecule has 1 aromatic heterocycles. The highest BCUT2D eigenvalue weighted by Gasteiger charge is 2.33. The molecule has 2 aromatic rings. The topological polar surface area (TPSA) is 64.0 Å². The van der Waals surface area contributed by atoms with Crippen LogP contribution in [0.4, 0.5) is 14.6 Å². The molecule has 1 aromatic carbocycles. The van der Waals surface area contributed by atoms with Crippen molar-refractivity contribution in [1.82, 2.24) is 9.55 Å². The summed E-state index contributed by atoms with van der Waals surface area (Å²) in [6, 6.07) is 3.02. The maximum Gasteiger partial charge on any atom is 0.279 e. The van der Waals surface area contributed by atoms with Crippen LogP contribution in [-0.2, 0) is 11.8 Å². The van der Waals surface area contributed by atoms with Crippen LogP contribution >= 0.6 is 11.8 Å². The van der Waals surface area contributed by atoms with Gasteiger partial charge in [0.05, 0.1) is 5.56 Å². The number of hydrogen-bond acceptors (Lipinski definition) is 4. The molecule has 1 atom stereocenters. The van der Waals surface area contributed by atoms with Crippen molar-refractivity contribution in [3.8, 4) is 0 Å². The van der Waals surface area contributed by atoms with E-state index < -0.39 is 23.1 Å². The Morgan fingerprint density at radius 2 is 2.12 bits per heavy atom. The van der Waals surface area contributed by atoms with Gasteiger partial charge in [0.15, 0.2) is 5.16 Å². The predicted molar refractivity (Wildman–Crippen MR) is 87.3 cm³/mol. The Bertz CT molecular complexity index is 882. The SMILES string of the molecule is CCSc1nc(=O)c2c(n1C)NC(=O)C[C@@H]2c1cc(F)ccc1F. The van der Waals surface area contributed by atoms with Gasteiger partial charge in [0.2, 0.25) is 5.91 Å². The van der Waals surface area contributed by atoms with E-state index in [4.69, 9.17) is 0 Å². The van der Waals surface area contributed by atoms with Crippen LogP contribution in [0.5, 0.6) is 0 Å². The van der Waals surface area contributed by atoms with E-state index in [0.717, 1.165) is 18.2 Å². The number of rotatable bonds is 3. The molecule has 0 saturated heterocycles. The Labute approximate surface area is 141 Å². The zero-order valence-electron chi connectivity index (χ0n) is 13.1. The van der Waals surface area contributed by atoms with Gasteiger partial charge in [0.1, 0.15) is 17.5 Å². The second-order valence-corrected chi connectivity index (χ2v) is 6.66. The van der Waals surface area contributed by atoms with E-state index in [9.17, 15) is 18.4 Å². The van der Waals surface area contributed by atoms with Crippen LogP contribution in [0.2, 0.25) is 0 Å². The van der Waals surface area contributed by atoms with Crippen molar-refractivity contribution in [2.75, 3.05) is 11.1 Å². The molecule has 0 radical (unpaired) electrons. The zero-order chi connectivity index (χ0) is 17.4. The van der Waals surface area contributed by atoms with Crippen LogP contribution in [0.1, 0.15) is 30.4 Å². The van der Waals surface area contributed by atoms with E-state index in [0.29, 0.717) is 10.9 Å². The van der Waals surface area contributed by atoms with E-state index in [2.05, 4.69) is 10.3 Å². The number of carbonyl (C=O) groups is 1. The molecule has 2 heterocycles. The van der Waals surface area contributed by atoms with Gasteiger partial charge < -0.3 is 9.88 Å². The lowest BCUT2D eigenvalue weighted by molar-refractivity contribution is -0.116. The average Bonchev–Trinajstić information content (AvgIpc) is 2.54. The van der Waals surface area contributed by atoms with Crippen LogP contribution in [0, 0.1) is 11.6 Å². The first kappa shape index (κ1) is 16.6. The molecule has 24 heavy (non-hydrogen) atoms. The smallest absolute Gasteiger partial charge is 0.279 e. The summed E-state index contributed by atoms with van der Waals surface area (Å²) in [5.74, 6) is -1.51. The number of fused-ring (bicyclic) bond motifs is 1. The lowest BCUT2D eigenvalue weighted by atomic mass is 9.86. The number of anilines is 1. The lowest BCUT2D eigenvalue weighted by Crippen LogP contribution is -2.33. The summed E-state index contributed by atoms with van der Waals surface area (Å²) in [5.41, 5.74) is -0.365. The molecule has 3 rings (SSSR count). The monoisotopic (exact) mass is 351 g/mol. The normalized spacial score (nSPS) is 16.7. The van der Waals surface area contributed by atoms with Gasteiger partial charge in [-0.25, -0.2) is 8.78 Å². The molecule has 0 unspecified atom stereocenters. The third-order valence-electron chi connectivity index (χ3n) is 3.91. The van der Waals surface area contributed by atoms with Crippen molar-refractivity contribution in [2.24, 2.45) is 7.05 Å². The van der Waals surface area contributed by atoms with Crippen LogP contribution in [0.15, 0.2) is 28.2 Å². The van der Waals surface area contributed by atoms with Crippen LogP contribution < -0.4 is 10.9 Å². The number of nitrogens with zero attached hydrogens (tertiary/aromatic N) is 2. The minimum absolute atomic E-state index is 0.0131. The Morgan fingerprint density at radius 3 is 2.83 bits per heavy atom.